The Bertz CT molecular complexity index is 332. The van der Waals surface area contributed by atoms with Crippen molar-refractivity contribution in [3.05, 3.63) is 36.4 Å². The smallest absolute Gasteiger partial charge is 0.126 e. The van der Waals surface area contributed by atoms with Crippen molar-refractivity contribution in [2.45, 2.75) is 32.6 Å². The molecule has 0 bridgehead atoms. The summed E-state index contributed by atoms with van der Waals surface area (Å²) >= 11 is 0. The van der Waals surface area contributed by atoms with Crippen molar-refractivity contribution in [1.82, 2.24) is 0 Å². The molecule has 1 aromatic rings. The van der Waals surface area contributed by atoms with Crippen LogP contribution in [0.15, 0.2) is 30.9 Å². The molecule has 16 heavy (non-hydrogen) atoms. The lowest BCUT2D eigenvalue weighted by Crippen LogP contribution is -1.99. The van der Waals surface area contributed by atoms with Crippen LogP contribution in [0.4, 0.5) is 0 Å². The summed E-state index contributed by atoms with van der Waals surface area (Å²) in [6.45, 7) is 6.59. The lowest BCUT2D eigenvalue weighted by atomic mass is 10.1. The van der Waals surface area contributed by atoms with E-state index in [1.807, 2.05) is 12.1 Å². The fourth-order valence-electron chi connectivity index (χ4n) is 1.54. The standard InChI is InChI=1S/C14H20O2/c1-3-5-6-10-16-14-11-13(15)9-8-12(14)7-4-2/h4,8-9,11,15H,2-3,5-7,10H2,1H3. The van der Waals surface area contributed by atoms with E-state index in [9.17, 15) is 5.11 Å². The van der Waals surface area contributed by atoms with Gasteiger partial charge in [0.1, 0.15) is 11.5 Å². The van der Waals surface area contributed by atoms with Crippen LogP contribution in [0.3, 0.4) is 0 Å². The van der Waals surface area contributed by atoms with Gasteiger partial charge < -0.3 is 9.84 Å². The molecule has 0 aliphatic rings. The molecular formula is C14H20O2. The van der Waals surface area contributed by atoms with Crippen LogP contribution in [0, 0.1) is 0 Å². The SMILES string of the molecule is C=CCc1ccc(O)cc1OCCCCC. The number of hydrogen-bond donors (Lipinski definition) is 1. The first-order valence-corrected chi connectivity index (χ1v) is 5.83. The summed E-state index contributed by atoms with van der Waals surface area (Å²) in [6, 6.07) is 5.23. The maximum Gasteiger partial charge on any atom is 0.126 e. The third-order valence-electron chi connectivity index (χ3n) is 2.42. The van der Waals surface area contributed by atoms with Gasteiger partial charge in [-0.05, 0) is 24.5 Å². The van der Waals surface area contributed by atoms with E-state index in [4.69, 9.17) is 4.74 Å². The molecule has 0 saturated heterocycles. The molecule has 0 aromatic heterocycles. The topological polar surface area (TPSA) is 29.5 Å². The van der Waals surface area contributed by atoms with Gasteiger partial charge in [0, 0.05) is 6.07 Å². The van der Waals surface area contributed by atoms with E-state index in [0.717, 1.165) is 24.2 Å². The van der Waals surface area contributed by atoms with Gasteiger partial charge in [0.15, 0.2) is 0 Å². The van der Waals surface area contributed by atoms with E-state index in [1.165, 1.54) is 12.8 Å². The van der Waals surface area contributed by atoms with Crippen molar-refractivity contribution >= 4 is 0 Å². The van der Waals surface area contributed by atoms with E-state index in [-0.39, 0.29) is 5.75 Å². The molecule has 0 aliphatic carbocycles. The van der Waals surface area contributed by atoms with Gasteiger partial charge in [0.2, 0.25) is 0 Å². The zero-order valence-corrected chi connectivity index (χ0v) is 9.91. The number of benzene rings is 1. The monoisotopic (exact) mass is 220 g/mol. The van der Waals surface area contributed by atoms with Gasteiger partial charge in [-0.25, -0.2) is 0 Å². The van der Waals surface area contributed by atoms with E-state index in [0.29, 0.717) is 6.61 Å². The fraction of sp³-hybridized carbons (Fsp3) is 0.429. The lowest BCUT2D eigenvalue weighted by molar-refractivity contribution is 0.302. The molecule has 0 spiro atoms. The second kappa shape index (κ2) is 6.94. The Kier molecular flexibility index (Phi) is 5.48. The molecule has 2 nitrogen and oxygen atoms in total. The summed E-state index contributed by atoms with van der Waals surface area (Å²) in [6.07, 6.45) is 6.02. The largest absolute Gasteiger partial charge is 0.508 e. The Balaban J connectivity index is 2.60. The second-order valence-electron chi connectivity index (χ2n) is 3.84. The van der Waals surface area contributed by atoms with Crippen LogP contribution in [0.5, 0.6) is 11.5 Å². The number of unbranched alkanes of at least 4 members (excludes halogenated alkanes) is 2. The molecule has 1 rings (SSSR count). The zero-order valence-electron chi connectivity index (χ0n) is 9.91. The number of aromatic hydroxyl groups is 1. The highest BCUT2D eigenvalue weighted by atomic mass is 16.5. The highest BCUT2D eigenvalue weighted by Gasteiger charge is 2.03. The summed E-state index contributed by atoms with van der Waals surface area (Å²) < 4.78 is 5.66. The Labute approximate surface area is 97.6 Å². The molecule has 0 amide bonds. The average Bonchev–Trinajstić information content (AvgIpc) is 2.28. The maximum atomic E-state index is 9.40. The van der Waals surface area contributed by atoms with Crippen LogP contribution in [-0.4, -0.2) is 11.7 Å². The van der Waals surface area contributed by atoms with Crippen molar-refractivity contribution in [3.8, 4) is 11.5 Å². The van der Waals surface area contributed by atoms with E-state index in [1.54, 1.807) is 12.1 Å². The number of rotatable bonds is 7. The number of ether oxygens (including phenoxy) is 1. The molecule has 0 heterocycles. The number of phenols is 1. The highest BCUT2D eigenvalue weighted by Crippen LogP contribution is 2.25. The first-order valence-electron chi connectivity index (χ1n) is 5.83. The van der Waals surface area contributed by atoms with E-state index >= 15 is 0 Å². The van der Waals surface area contributed by atoms with Crippen LogP contribution >= 0.6 is 0 Å². The maximum absolute atomic E-state index is 9.40. The van der Waals surface area contributed by atoms with Crippen LogP contribution in [0.1, 0.15) is 31.7 Å². The van der Waals surface area contributed by atoms with Gasteiger partial charge in [-0.15, -0.1) is 6.58 Å². The van der Waals surface area contributed by atoms with Crippen molar-refractivity contribution in [2.24, 2.45) is 0 Å². The summed E-state index contributed by atoms with van der Waals surface area (Å²) in [7, 11) is 0. The minimum atomic E-state index is 0.248. The predicted molar refractivity (Wildman–Crippen MR) is 67.0 cm³/mol. The van der Waals surface area contributed by atoms with Gasteiger partial charge in [-0.1, -0.05) is 31.9 Å². The lowest BCUT2D eigenvalue weighted by Gasteiger charge is -2.10. The molecule has 0 saturated carbocycles. The minimum absolute atomic E-state index is 0.248. The van der Waals surface area contributed by atoms with Crippen molar-refractivity contribution < 1.29 is 9.84 Å². The number of allylic oxidation sites excluding steroid dienone is 1. The number of phenolic OH excluding ortho intramolecular Hbond substituents is 1. The summed E-state index contributed by atoms with van der Waals surface area (Å²) in [5, 5.41) is 9.40. The third-order valence-corrected chi connectivity index (χ3v) is 2.42. The summed E-state index contributed by atoms with van der Waals surface area (Å²) in [4.78, 5) is 0. The van der Waals surface area contributed by atoms with Crippen LogP contribution in [-0.2, 0) is 6.42 Å². The molecule has 0 radical (unpaired) electrons. The van der Waals surface area contributed by atoms with Gasteiger partial charge in [0.25, 0.3) is 0 Å². The Morgan fingerprint density at radius 3 is 2.88 bits per heavy atom. The molecule has 0 fully saturated rings. The van der Waals surface area contributed by atoms with Crippen LogP contribution in [0.2, 0.25) is 0 Å². The molecule has 0 unspecified atom stereocenters. The Morgan fingerprint density at radius 1 is 1.38 bits per heavy atom. The summed E-state index contributed by atoms with van der Waals surface area (Å²) in [5.41, 5.74) is 1.07. The molecule has 88 valence electrons. The first-order chi connectivity index (χ1) is 7.77. The van der Waals surface area contributed by atoms with Gasteiger partial charge in [-0.2, -0.15) is 0 Å². The molecule has 1 aromatic carbocycles. The second-order valence-corrected chi connectivity index (χ2v) is 3.84. The van der Waals surface area contributed by atoms with Gasteiger partial charge >= 0.3 is 0 Å². The minimum Gasteiger partial charge on any atom is -0.508 e. The molecule has 1 N–H and O–H groups in total. The molecule has 0 aliphatic heterocycles. The fourth-order valence-corrected chi connectivity index (χ4v) is 1.54. The molecule has 0 atom stereocenters. The zero-order chi connectivity index (χ0) is 11.8. The average molecular weight is 220 g/mol. The highest BCUT2D eigenvalue weighted by molar-refractivity contribution is 5.40. The summed E-state index contributed by atoms with van der Waals surface area (Å²) in [5.74, 6) is 1.02. The Morgan fingerprint density at radius 2 is 2.19 bits per heavy atom. The molecule has 2 heteroatoms. The van der Waals surface area contributed by atoms with Crippen LogP contribution < -0.4 is 4.74 Å². The predicted octanol–water partition coefficient (Wildman–Crippen LogP) is 3.69. The van der Waals surface area contributed by atoms with Gasteiger partial charge in [-0.3, -0.25) is 0 Å². The van der Waals surface area contributed by atoms with Crippen molar-refractivity contribution in [2.75, 3.05) is 6.61 Å². The first kappa shape index (κ1) is 12.6. The van der Waals surface area contributed by atoms with Crippen LogP contribution in [0.25, 0.3) is 0 Å². The van der Waals surface area contributed by atoms with E-state index < -0.39 is 0 Å². The third kappa shape index (κ3) is 3.97. The van der Waals surface area contributed by atoms with E-state index in [2.05, 4.69) is 13.5 Å². The molecular weight excluding hydrogens is 200 g/mol. The normalized spacial score (nSPS) is 10.1. The van der Waals surface area contributed by atoms with Crippen molar-refractivity contribution in [1.29, 1.82) is 0 Å². The Hall–Kier alpha value is -1.44. The van der Waals surface area contributed by atoms with Crippen molar-refractivity contribution in [3.63, 3.8) is 0 Å². The quantitative estimate of drug-likeness (QED) is 0.561. The number of hydrogen-bond acceptors (Lipinski definition) is 2. The van der Waals surface area contributed by atoms with Gasteiger partial charge in [0.05, 0.1) is 6.61 Å².